The van der Waals surface area contributed by atoms with Crippen molar-refractivity contribution in [1.29, 1.82) is 0 Å². The van der Waals surface area contributed by atoms with Gasteiger partial charge in [0.25, 0.3) is 0 Å². The van der Waals surface area contributed by atoms with E-state index in [1.807, 2.05) is 13.0 Å². The molecule has 0 aliphatic carbocycles. The highest BCUT2D eigenvalue weighted by Crippen LogP contribution is 2.31. The number of ether oxygens (including phenoxy) is 2. The predicted octanol–water partition coefficient (Wildman–Crippen LogP) is 3.04. The molecule has 128 valence electrons. The second-order valence-corrected chi connectivity index (χ2v) is 6.16. The summed E-state index contributed by atoms with van der Waals surface area (Å²) in [6, 6.07) is 10.9. The third-order valence-electron chi connectivity index (χ3n) is 4.71. The lowest BCUT2D eigenvalue weighted by molar-refractivity contribution is 0.0198. The second kappa shape index (κ2) is 7.20. The molecule has 0 bridgehead atoms. The van der Waals surface area contributed by atoms with Crippen LogP contribution in [0.15, 0.2) is 30.3 Å². The molecule has 5 nitrogen and oxygen atoms in total. The van der Waals surface area contributed by atoms with Crippen LogP contribution in [-0.2, 0) is 4.74 Å². The fraction of sp³-hybridized carbons (Fsp3) is 0.421. The van der Waals surface area contributed by atoms with Crippen LogP contribution in [0.4, 0.5) is 5.82 Å². The number of anilines is 1. The van der Waals surface area contributed by atoms with E-state index in [1.54, 1.807) is 7.11 Å². The van der Waals surface area contributed by atoms with Gasteiger partial charge in [0.05, 0.1) is 26.0 Å². The van der Waals surface area contributed by atoms with E-state index in [-0.39, 0.29) is 0 Å². The van der Waals surface area contributed by atoms with Gasteiger partial charge >= 0.3 is 0 Å². The molecule has 1 aromatic heterocycles. The van der Waals surface area contributed by atoms with Gasteiger partial charge in [0.2, 0.25) is 0 Å². The molecule has 1 aromatic carbocycles. The number of rotatable bonds is 4. The summed E-state index contributed by atoms with van der Waals surface area (Å²) in [5, 5.41) is 0. The maximum absolute atomic E-state index is 6.10. The van der Waals surface area contributed by atoms with Crippen molar-refractivity contribution >= 4 is 5.82 Å². The molecule has 24 heavy (non-hydrogen) atoms. The number of hydrogen-bond acceptors (Lipinski definition) is 5. The monoisotopic (exact) mass is 327 g/mol. The summed E-state index contributed by atoms with van der Waals surface area (Å²) >= 11 is 0. The number of methoxy groups -OCH3 is 1. The van der Waals surface area contributed by atoms with Gasteiger partial charge in [-0.1, -0.05) is 24.3 Å². The average molecular weight is 327 g/mol. The first-order chi connectivity index (χ1) is 11.6. The number of aromatic nitrogens is 1. The summed E-state index contributed by atoms with van der Waals surface area (Å²) in [5.74, 6) is 1.28. The molecule has 2 aromatic rings. The van der Waals surface area contributed by atoms with Crippen LogP contribution in [0.1, 0.15) is 24.2 Å². The summed E-state index contributed by atoms with van der Waals surface area (Å²) < 4.78 is 10.8. The molecule has 5 heteroatoms. The first-order valence-corrected chi connectivity index (χ1v) is 8.33. The molecule has 3 rings (SSSR count). The molecule has 1 saturated heterocycles. The van der Waals surface area contributed by atoms with Crippen LogP contribution >= 0.6 is 0 Å². The first-order valence-electron chi connectivity index (χ1n) is 8.33. The Kier molecular flexibility index (Phi) is 5.02. The van der Waals surface area contributed by atoms with Gasteiger partial charge in [-0.05, 0) is 31.0 Å². The van der Waals surface area contributed by atoms with Crippen LogP contribution < -0.4 is 10.5 Å². The zero-order valence-electron chi connectivity index (χ0n) is 14.6. The Morgan fingerprint density at radius 3 is 2.50 bits per heavy atom. The minimum absolute atomic E-state index is 0.381. The minimum Gasteiger partial charge on any atom is -0.495 e. The van der Waals surface area contributed by atoms with Crippen molar-refractivity contribution in [3.05, 3.63) is 41.6 Å². The molecule has 1 unspecified atom stereocenters. The van der Waals surface area contributed by atoms with Gasteiger partial charge in [-0.3, -0.25) is 4.90 Å². The van der Waals surface area contributed by atoms with E-state index in [0.717, 1.165) is 48.9 Å². The molecule has 2 N–H and O–H groups in total. The summed E-state index contributed by atoms with van der Waals surface area (Å²) in [6.07, 6.45) is 0. The minimum atomic E-state index is 0.381. The van der Waals surface area contributed by atoms with Gasteiger partial charge in [-0.2, -0.15) is 0 Å². The fourth-order valence-corrected chi connectivity index (χ4v) is 3.16. The molecule has 1 aliphatic heterocycles. The average Bonchev–Trinajstić information content (AvgIpc) is 2.62. The predicted molar refractivity (Wildman–Crippen MR) is 96.2 cm³/mol. The highest BCUT2D eigenvalue weighted by Gasteiger charge is 2.18. The molecule has 1 atom stereocenters. The molecular weight excluding hydrogens is 302 g/mol. The van der Waals surface area contributed by atoms with Crippen molar-refractivity contribution in [1.82, 2.24) is 9.88 Å². The van der Waals surface area contributed by atoms with E-state index in [1.165, 1.54) is 5.56 Å². The standard InChI is InChI=1S/C19H25N3O2/c1-13-18(23-3)12-17(19(20)21-13)16-6-4-15(5-7-16)14(2)22-8-10-24-11-9-22/h4-7,12,14H,8-11H2,1-3H3,(H2,20,21). The van der Waals surface area contributed by atoms with E-state index in [0.29, 0.717) is 11.9 Å². The summed E-state index contributed by atoms with van der Waals surface area (Å²) in [7, 11) is 1.65. The third-order valence-corrected chi connectivity index (χ3v) is 4.71. The maximum atomic E-state index is 6.10. The first kappa shape index (κ1) is 16.7. The molecule has 0 saturated carbocycles. The zero-order valence-corrected chi connectivity index (χ0v) is 14.6. The molecule has 0 spiro atoms. The van der Waals surface area contributed by atoms with Crippen LogP contribution in [0, 0.1) is 6.92 Å². The van der Waals surface area contributed by atoms with E-state index in [4.69, 9.17) is 15.2 Å². The van der Waals surface area contributed by atoms with Gasteiger partial charge in [0.15, 0.2) is 0 Å². The lowest BCUT2D eigenvalue weighted by atomic mass is 10.0. The van der Waals surface area contributed by atoms with Crippen molar-refractivity contribution in [3.63, 3.8) is 0 Å². The van der Waals surface area contributed by atoms with Crippen LogP contribution in [0.5, 0.6) is 5.75 Å². The van der Waals surface area contributed by atoms with Gasteiger partial charge in [-0.25, -0.2) is 4.98 Å². The number of hydrogen-bond donors (Lipinski definition) is 1. The lowest BCUT2D eigenvalue weighted by Crippen LogP contribution is -2.37. The number of nitrogens with zero attached hydrogens (tertiary/aromatic N) is 2. The van der Waals surface area contributed by atoms with Crippen LogP contribution in [0.25, 0.3) is 11.1 Å². The Labute approximate surface area is 143 Å². The number of benzene rings is 1. The van der Waals surface area contributed by atoms with Crippen LogP contribution in [0.2, 0.25) is 0 Å². The Hall–Kier alpha value is -2.11. The van der Waals surface area contributed by atoms with E-state index >= 15 is 0 Å². The normalized spacial score (nSPS) is 16.8. The Morgan fingerprint density at radius 1 is 1.21 bits per heavy atom. The van der Waals surface area contributed by atoms with E-state index in [9.17, 15) is 0 Å². The van der Waals surface area contributed by atoms with Gasteiger partial charge in [0.1, 0.15) is 11.6 Å². The number of aryl methyl sites for hydroxylation is 1. The lowest BCUT2D eigenvalue weighted by Gasteiger charge is -2.32. The highest BCUT2D eigenvalue weighted by molar-refractivity contribution is 5.75. The molecule has 2 heterocycles. The molecule has 1 fully saturated rings. The van der Waals surface area contributed by atoms with Crippen molar-refractivity contribution in [2.75, 3.05) is 39.1 Å². The quantitative estimate of drug-likeness (QED) is 0.935. The smallest absolute Gasteiger partial charge is 0.140 e. The topological polar surface area (TPSA) is 60.6 Å². The van der Waals surface area contributed by atoms with Crippen molar-refractivity contribution in [2.45, 2.75) is 19.9 Å². The van der Waals surface area contributed by atoms with Crippen molar-refractivity contribution in [3.8, 4) is 16.9 Å². The third kappa shape index (κ3) is 3.37. The van der Waals surface area contributed by atoms with Gasteiger partial charge in [-0.15, -0.1) is 0 Å². The van der Waals surface area contributed by atoms with E-state index in [2.05, 4.69) is 41.1 Å². The fourth-order valence-electron chi connectivity index (χ4n) is 3.16. The molecule has 0 radical (unpaired) electrons. The van der Waals surface area contributed by atoms with Crippen LogP contribution in [0.3, 0.4) is 0 Å². The summed E-state index contributed by atoms with van der Waals surface area (Å²) in [6.45, 7) is 7.72. The molecule has 0 amide bonds. The van der Waals surface area contributed by atoms with Gasteiger partial charge < -0.3 is 15.2 Å². The maximum Gasteiger partial charge on any atom is 0.140 e. The van der Waals surface area contributed by atoms with Crippen molar-refractivity contribution in [2.24, 2.45) is 0 Å². The Bertz CT molecular complexity index is 695. The highest BCUT2D eigenvalue weighted by atomic mass is 16.5. The Morgan fingerprint density at radius 2 is 1.88 bits per heavy atom. The number of nitrogens with two attached hydrogens (primary N) is 1. The summed E-state index contributed by atoms with van der Waals surface area (Å²) in [4.78, 5) is 6.83. The number of morpholine rings is 1. The second-order valence-electron chi connectivity index (χ2n) is 6.16. The summed E-state index contributed by atoms with van der Waals surface area (Å²) in [5.41, 5.74) is 10.2. The van der Waals surface area contributed by atoms with Gasteiger partial charge in [0, 0.05) is 24.7 Å². The molecular formula is C19H25N3O2. The van der Waals surface area contributed by atoms with E-state index < -0.39 is 0 Å². The van der Waals surface area contributed by atoms with Crippen LogP contribution in [-0.4, -0.2) is 43.3 Å². The largest absolute Gasteiger partial charge is 0.495 e. The number of pyridine rings is 1. The van der Waals surface area contributed by atoms with Crippen molar-refractivity contribution < 1.29 is 9.47 Å². The SMILES string of the molecule is COc1cc(-c2ccc(C(C)N3CCOCC3)cc2)c(N)nc1C. The Balaban J connectivity index is 1.84. The number of nitrogen functional groups attached to an aromatic ring is 1. The molecule has 1 aliphatic rings. The zero-order chi connectivity index (χ0) is 17.1.